The van der Waals surface area contributed by atoms with E-state index in [0.29, 0.717) is 25.1 Å². The van der Waals surface area contributed by atoms with Crippen LogP contribution in [-0.4, -0.2) is 69.6 Å². The quantitative estimate of drug-likeness (QED) is 0.406. The van der Waals surface area contributed by atoms with Crippen molar-refractivity contribution in [1.29, 1.82) is 0 Å². The first-order chi connectivity index (χ1) is 18.1. The maximum Gasteiger partial charge on any atom is 0.325 e. The van der Waals surface area contributed by atoms with E-state index in [0.717, 1.165) is 16.3 Å². The number of nitrogens with zero attached hydrogens (tertiary/aromatic N) is 2. The van der Waals surface area contributed by atoms with Crippen LogP contribution in [0.4, 0.5) is 0 Å². The summed E-state index contributed by atoms with van der Waals surface area (Å²) in [5, 5.41) is 18.3. The van der Waals surface area contributed by atoms with Crippen LogP contribution in [0.5, 0.6) is 0 Å². The number of carbonyl (C=O) groups is 4. The number of pyridine rings is 1. The SMILES string of the molecule is C[C@@H]1NC(=O)[C@H]([C@@H](C)O)NC(=O)C/C=C/c2cc3cc(ccc3cn2)[C@@H](C)OC(=O)[C@@H]2CCCN(N2)C1=O. The van der Waals surface area contributed by atoms with Crippen molar-refractivity contribution in [2.45, 2.75) is 70.4 Å². The fourth-order valence-electron chi connectivity index (χ4n) is 4.48. The molecule has 2 aliphatic heterocycles. The van der Waals surface area contributed by atoms with Crippen molar-refractivity contribution in [3.05, 3.63) is 47.8 Å². The van der Waals surface area contributed by atoms with E-state index in [1.165, 1.54) is 18.9 Å². The number of fused-ring (bicyclic) bond motifs is 4. The van der Waals surface area contributed by atoms with Crippen molar-refractivity contribution in [3.63, 3.8) is 0 Å². The second kappa shape index (κ2) is 11.7. The lowest BCUT2D eigenvalue weighted by Crippen LogP contribution is -2.61. The van der Waals surface area contributed by atoms with E-state index in [2.05, 4.69) is 21.0 Å². The summed E-state index contributed by atoms with van der Waals surface area (Å²) in [6.07, 6.45) is 4.31. The topological polar surface area (TPSA) is 150 Å². The summed E-state index contributed by atoms with van der Waals surface area (Å²) in [5.41, 5.74) is 4.36. The van der Waals surface area contributed by atoms with Crippen LogP contribution in [0.25, 0.3) is 16.8 Å². The lowest BCUT2D eigenvalue weighted by molar-refractivity contribution is -0.157. The van der Waals surface area contributed by atoms with Gasteiger partial charge in [-0.3, -0.25) is 29.2 Å². The molecule has 3 amide bonds. The molecule has 202 valence electrons. The number of carbonyl (C=O) groups excluding carboxylic acids is 4. The Morgan fingerprint density at radius 3 is 2.66 bits per heavy atom. The van der Waals surface area contributed by atoms with Gasteiger partial charge in [-0.15, -0.1) is 0 Å². The van der Waals surface area contributed by atoms with Crippen LogP contribution in [0.2, 0.25) is 0 Å². The Balaban J connectivity index is 1.64. The van der Waals surface area contributed by atoms with Crippen LogP contribution < -0.4 is 16.1 Å². The molecule has 3 heterocycles. The number of hydrazine groups is 1. The van der Waals surface area contributed by atoms with Gasteiger partial charge in [0.15, 0.2) is 0 Å². The number of aliphatic hydroxyl groups excluding tert-OH is 1. The number of nitrogens with one attached hydrogen (secondary N) is 3. The highest BCUT2D eigenvalue weighted by Gasteiger charge is 2.34. The van der Waals surface area contributed by atoms with E-state index >= 15 is 0 Å². The summed E-state index contributed by atoms with van der Waals surface area (Å²) < 4.78 is 5.74. The van der Waals surface area contributed by atoms with Crippen molar-refractivity contribution in [1.82, 2.24) is 26.1 Å². The third-order valence-corrected chi connectivity index (χ3v) is 6.67. The maximum absolute atomic E-state index is 13.0. The van der Waals surface area contributed by atoms with Gasteiger partial charge in [-0.05, 0) is 62.8 Å². The normalized spacial score (nSPS) is 27.3. The van der Waals surface area contributed by atoms with Crippen LogP contribution >= 0.6 is 0 Å². The van der Waals surface area contributed by atoms with Gasteiger partial charge in [-0.25, -0.2) is 5.43 Å². The van der Waals surface area contributed by atoms with Crippen LogP contribution in [0.15, 0.2) is 36.5 Å². The van der Waals surface area contributed by atoms with Crippen molar-refractivity contribution in [3.8, 4) is 0 Å². The Labute approximate surface area is 220 Å². The molecule has 0 unspecified atom stereocenters. The van der Waals surface area contributed by atoms with Gasteiger partial charge >= 0.3 is 5.97 Å². The zero-order valence-corrected chi connectivity index (χ0v) is 21.6. The first-order valence-electron chi connectivity index (χ1n) is 12.7. The molecule has 1 aromatic heterocycles. The fraction of sp³-hybridized carbons (Fsp3) is 0.444. The molecule has 11 nitrogen and oxygen atoms in total. The molecule has 1 saturated heterocycles. The highest BCUT2D eigenvalue weighted by Crippen LogP contribution is 2.24. The summed E-state index contributed by atoms with van der Waals surface area (Å²) in [6.45, 7) is 5.02. The molecule has 0 spiro atoms. The van der Waals surface area contributed by atoms with Gasteiger partial charge in [0.1, 0.15) is 24.2 Å². The molecule has 0 saturated carbocycles. The first-order valence-corrected chi connectivity index (χ1v) is 12.7. The summed E-state index contributed by atoms with van der Waals surface area (Å²) in [5.74, 6) is -2.10. The molecule has 38 heavy (non-hydrogen) atoms. The van der Waals surface area contributed by atoms with E-state index in [9.17, 15) is 24.3 Å². The van der Waals surface area contributed by atoms with E-state index in [1.54, 1.807) is 25.3 Å². The number of rotatable bonds is 1. The standard InChI is InChI=1S/C27H33N5O6/c1-15-26(36)32-11-5-7-22(31-32)27(37)38-17(3)18-9-10-19-14-28-21(13-20(19)12-18)6-4-8-23(34)30-24(16(2)33)25(35)29-15/h4,6,9-10,12-17,22,24,31,33H,5,7-8,11H2,1-3H3,(H,29,35)(H,30,34)/b6-4+/t15-,16+,17+,22-,24-/m0/s1. The number of aromatic nitrogens is 1. The Bertz CT molecular complexity index is 1260. The van der Waals surface area contributed by atoms with Crippen molar-refractivity contribution >= 4 is 40.5 Å². The molecule has 1 fully saturated rings. The number of ether oxygens (including phenoxy) is 1. The van der Waals surface area contributed by atoms with Crippen LogP contribution in [-0.2, 0) is 23.9 Å². The van der Waals surface area contributed by atoms with Crippen LogP contribution in [0.1, 0.15) is 57.4 Å². The first kappa shape index (κ1) is 27.2. The molecule has 5 atom stereocenters. The van der Waals surface area contributed by atoms with Crippen LogP contribution in [0.3, 0.4) is 0 Å². The molecule has 0 radical (unpaired) electrons. The minimum absolute atomic E-state index is 0.0448. The maximum atomic E-state index is 13.0. The molecular weight excluding hydrogens is 490 g/mol. The Hall–Kier alpha value is -3.83. The molecule has 2 aromatic rings. The summed E-state index contributed by atoms with van der Waals surface area (Å²) >= 11 is 0. The second-order valence-corrected chi connectivity index (χ2v) is 9.73. The number of hydrogen-bond donors (Lipinski definition) is 4. The average molecular weight is 524 g/mol. The van der Waals surface area contributed by atoms with Crippen molar-refractivity contribution in [2.75, 3.05) is 6.54 Å². The predicted octanol–water partition coefficient (Wildman–Crippen LogP) is 1.12. The van der Waals surface area contributed by atoms with E-state index in [4.69, 9.17) is 4.74 Å². The number of aliphatic hydroxyl groups is 1. The fourth-order valence-corrected chi connectivity index (χ4v) is 4.48. The average Bonchev–Trinajstić information content (AvgIpc) is 2.90. The monoisotopic (exact) mass is 523 g/mol. The number of amides is 3. The highest BCUT2D eigenvalue weighted by molar-refractivity contribution is 5.93. The largest absolute Gasteiger partial charge is 0.457 e. The predicted molar refractivity (Wildman–Crippen MR) is 139 cm³/mol. The third-order valence-electron chi connectivity index (χ3n) is 6.67. The van der Waals surface area contributed by atoms with Gasteiger partial charge in [0.2, 0.25) is 11.8 Å². The molecule has 5 bridgehead atoms. The number of cyclic esters (lactones) is 1. The summed E-state index contributed by atoms with van der Waals surface area (Å²) in [4.78, 5) is 55.7. The van der Waals surface area contributed by atoms with Gasteiger partial charge < -0.3 is 20.5 Å². The molecule has 0 aliphatic carbocycles. The molecule has 4 rings (SSSR count). The van der Waals surface area contributed by atoms with E-state index in [1.807, 2.05) is 24.3 Å². The highest BCUT2D eigenvalue weighted by atomic mass is 16.5. The van der Waals surface area contributed by atoms with Gasteiger partial charge in [0.05, 0.1) is 11.8 Å². The van der Waals surface area contributed by atoms with Gasteiger partial charge in [-0.2, -0.15) is 0 Å². The molecular formula is C27H33N5O6. The Morgan fingerprint density at radius 2 is 1.89 bits per heavy atom. The Morgan fingerprint density at radius 1 is 1.11 bits per heavy atom. The molecule has 4 N–H and O–H groups in total. The molecule has 11 heteroatoms. The smallest absolute Gasteiger partial charge is 0.325 e. The lowest BCUT2D eigenvalue weighted by Gasteiger charge is -2.35. The van der Waals surface area contributed by atoms with E-state index < -0.39 is 54.0 Å². The van der Waals surface area contributed by atoms with Crippen LogP contribution in [0, 0.1) is 0 Å². The Kier molecular flexibility index (Phi) is 8.38. The minimum Gasteiger partial charge on any atom is -0.457 e. The lowest BCUT2D eigenvalue weighted by atomic mass is 10.0. The van der Waals surface area contributed by atoms with Gasteiger partial charge in [-0.1, -0.05) is 18.2 Å². The number of benzene rings is 1. The van der Waals surface area contributed by atoms with Crippen molar-refractivity contribution in [2.24, 2.45) is 0 Å². The molecule has 2 aliphatic rings. The number of hydrogen-bond acceptors (Lipinski definition) is 8. The zero-order chi connectivity index (χ0) is 27.4. The second-order valence-electron chi connectivity index (χ2n) is 9.73. The molecule has 1 aromatic carbocycles. The van der Waals surface area contributed by atoms with Gasteiger partial charge in [0, 0.05) is 24.5 Å². The minimum atomic E-state index is -1.25. The van der Waals surface area contributed by atoms with Crippen molar-refractivity contribution < 1.29 is 29.0 Å². The summed E-state index contributed by atoms with van der Waals surface area (Å²) in [7, 11) is 0. The van der Waals surface area contributed by atoms with Gasteiger partial charge in [0.25, 0.3) is 5.91 Å². The number of esters is 1. The third kappa shape index (κ3) is 6.35. The summed E-state index contributed by atoms with van der Waals surface area (Å²) in [6, 6.07) is 4.62. The van der Waals surface area contributed by atoms with E-state index in [-0.39, 0.29) is 6.42 Å². The zero-order valence-electron chi connectivity index (χ0n) is 21.6.